The molecule has 182 valence electrons. The highest BCUT2D eigenvalue weighted by atomic mass is 16.2. The summed E-state index contributed by atoms with van der Waals surface area (Å²) in [6, 6.07) is 16.4. The number of nitrogens with one attached hydrogen (secondary N) is 1. The van der Waals surface area contributed by atoms with Gasteiger partial charge in [-0.3, -0.25) is 14.6 Å². The summed E-state index contributed by atoms with van der Waals surface area (Å²) in [5.74, 6) is 0.628. The highest BCUT2D eigenvalue weighted by Gasteiger charge is 2.43. The number of amides is 2. The monoisotopic (exact) mass is 479 g/mol. The molecule has 6 rings (SSSR count). The van der Waals surface area contributed by atoms with Crippen molar-refractivity contribution in [3.63, 3.8) is 0 Å². The standard InChI is InChI=1S/C29H29N5O2/c30-15-19-2-1-3-21(12-19)23-13-22-6-9-31-16-26(22)27(14-23)32-25-7-10-33(11-8-25)29(36)24-17-34(18-24)28(35)20-4-5-20/h1-3,6,9,12-14,16,20,24-25,32H,4-5,7-8,10-11,17-18H2. The van der Waals surface area contributed by atoms with Crippen LogP contribution >= 0.6 is 0 Å². The number of carbonyl (C=O) groups excluding carboxylic acids is 2. The molecule has 1 N–H and O–H groups in total. The van der Waals surface area contributed by atoms with E-state index >= 15 is 0 Å². The van der Waals surface area contributed by atoms with Crippen LogP contribution in [0.1, 0.15) is 31.2 Å². The lowest BCUT2D eigenvalue weighted by Crippen LogP contribution is -2.58. The van der Waals surface area contributed by atoms with Gasteiger partial charge in [-0.25, -0.2) is 0 Å². The molecule has 0 bridgehead atoms. The van der Waals surface area contributed by atoms with Gasteiger partial charge in [-0.1, -0.05) is 12.1 Å². The van der Waals surface area contributed by atoms with E-state index in [1.165, 1.54) is 0 Å². The van der Waals surface area contributed by atoms with E-state index in [-0.39, 0.29) is 29.7 Å². The fourth-order valence-corrected chi connectivity index (χ4v) is 5.38. The zero-order chi connectivity index (χ0) is 24.6. The number of anilines is 1. The van der Waals surface area contributed by atoms with Crippen molar-refractivity contribution in [1.29, 1.82) is 5.26 Å². The van der Waals surface area contributed by atoms with Crippen LogP contribution in [0.3, 0.4) is 0 Å². The Morgan fingerprint density at radius 2 is 1.69 bits per heavy atom. The summed E-state index contributed by atoms with van der Waals surface area (Å²) in [5, 5.41) is 15.2. The van der Waals surface area contributed by atoms with Gasteiger partial charge in [0.15, 0.2) is 0 Å². The average Bonchev–Trinajstić information content (AvgIpc) is 3.74. The lowest BCUT2D eigenvalue weighted by molar-refractivity contribution is -0.149. The number of benzene rings is 2. The number of aromatic nitrogens is 1. The maximum atomic E-state index is 13.0. The van der Waals surface area contributed by atoms with Crippen LogP contribution in [0.5, 0.6) is 0 Å². The molecule has 1 saturated carbocycles. The van der Waals surface area contributed by atoms with Crippen molar-refractivity contribution >= 4 is 28.3 Å². The lowest BCUT2D eigenvalue weighted by atomic mass is 9.95. The van der Waals surface area contributed by atoms with Crippen molar-refractivity contribution in [3.05, 3.63) is 60.4 Å². The van der Waals surface area contributed by atoms with E-state index in [0.29, 0.717) is 18.7 Å². The Hall–Kier alpha value is -3.92. The van der Waals surface area contributed by atoms with Crippen LogP contribution in [0.2, 0.25) is 0 Å². The molecule has 36 heavy (non-hydrogen) atoms. The molecule has 2 amide bonds. The summed E-state index contributed by atoms with van der Waals surface area (Å²) < 4.78 is 0. The summed E-state index contributed by atoms with van der Waals surface area (Å²) in [6.45, 7) is 2.63. The largest absolute Gasteiger partial charge is 0.382 e. The van der Waals surface area contributed by atoms with Crippen LogP contribution in [0.15, 0.2) is 54.9 Å². The number of rotatable bonds is 5. The highest BCUT2D eigenvalue weighted by molar-refractivity contribution is 5.97. The quantitative estimate of drug-likeness (QED) is 0.597. The molecule has 1 aromatic heterocycles. The Morgan fingerprint density at radius 3 is 2.44 bits per heavy atom. The van der Waals surface area contributed by atoms with Gasteiger partial charge in [0, 0.05) is 61.6 Å². The van der Waals surface area contributed by atoms with Crippen LogP contribution in [0, 0.1) is 23.2 Å². The maximum absolute atomic E-state index is 13.0. The second-order valence-electron chi connectivity index (χ2n) is 10.3. The molecule has 7 heteroatoms. The predicted molar refractivity (Wildman–Crippen MR) is 138 cm³/mol. The molecule has 0 atom stereocenters. The topological polar surface area (TPSA) is 89.3 Å². The number of pyridine rings is 1. The Bertz CT molecular complexity index is 1360. The average molecular weight is 480 g/mol. The zero-order valence-electron chi connectivity index (χ0n) is 20.2. The van der Waals surface area contributed by atoms with E-state index < -0.39 is 0 Å². The van der Waals surface area contributed by atoms with E-state index in [9.17, 15) is 14.9 Å². The first-order valence-corrected chi connectivity index (χ1v) is 12.8. The number of likely N-dealkylation sites (tertiary alicyclic amines) is 2. The van der Waals surface area contributed by atoms with E-state index in [2.05, 4.69) is 28.5 Å². The predicted octanol–water partition coefficient (Wildman–Crippen LogP) is 4.04. The van der Waals surface area contributed by atoms with E-state index in [1.54, 1.807) is 6.20 Å². The first-order chi connectivity index (χ1) is 17.6. The van der Waals surface area contributed by atoms with Crippen LogP contribution in [0.25, 0.3) is 21.9 Å². The first-order valence-electron chi connectivity index (χ1n) is 12.8. The minimum atomic E-state index is -0.0342. The summed E-state index contributed by atoms with van der Waals surface area (Å²) in [7, 11) is 0. The molecule has 3 aliphatic rings. The van der Waals surface area contributed by atoms with Gasteiger partial charge in [-0.05, 0) is 72.5 Å². The Morgan fingerprint density at radius 1 is 0.917 bits per heavy atom. The molecule has 3 fully saturated rings. The van der Waals surface area contributed by atoms with Gasteiger partial charge >= 0.3 is 0 Å². The Labute approximate surface area is 210 Å². The van der Waals surface area contributed by atoms with Gasteiger partial charge in [-0.2, -0.15) is 5.26 Å². The molecule has 0 unspecified atom stereocenters. The molecule has 0 spiro atoms. The van der Waals surface area contributed by atoms with Crippen molar-refractivity contribution in [2.45, 2.75) is 31.7 Å². The molecule has 7 nitrogen and oxygen atoms in total. The van der Waals surface area contributed by atoms with E-state index in [1.807, 2.05) is 46.3 Å². The number of piperidine rings is 1. The third kappa shape index (κ3) is 4.39. The summed E-state index contributed by atoms with van der Waals surface area (Å²) in [5.41, 5.74) is 3.72. The van der Waals surface area contributed by atoms with Crippen molar-refractivity contribution in [2.75, 3.05) is 31.5 Å². The second kappa shape index (κ2) is 9.27. The van der Waals surface area contributed by atoms with Crippen LogP contribution in [-0.4, -0.2) is 58.8 Å². The van der Waals surface area contributed by atoms with Crippen molar-refractivity contribution in [1.82, 2.24) is 14.8 Å². The third-order valence-corrected chi connectivity index (χ3v) is 7.72. The number of fused-ring (bicyclic) bond motifs is 1. The van der Waals surface area contributed by atoms with E-state index in [0.717, 1.165) is 66.4 Å². The summed E-state index contributed by atoms with van der Waals surface area (Å²) >= 11 is 0. The molecule has 2 saturated heterocycles. The van der Waals surface area contributed by atoms with Crippen LogP contribution in [0.4, 0.5) is 5.69 Å². The van der Waals surface area contributed by atoms with Crippen LogP contribution in [-0.2, 0) is 9.59 Å². The molecular weight excluding hydrogens is 450 g/mol. The molecule has 0 radical (unpaired) electrons. The lowest BCUT2D eigenvalue weighted by Gasteiger charge is -2.42. The van der Waals surface area contributed by atoms with Gasteiger partial charge in [0.2, 0.25) is 11.8 Å². The number of nitrogens with zero attached hydrogens (tertiary/aromatic N) is 4. The van der Waals surface area contributed by atoms with Gasteiger partial charge in [0.25, 0.3) is 0 Å². The van der Waals surface area contributed by atoms with Gasteiger partial charge in [0.05, 0.1) is 17.6 Å². The fourth-order valence-electron chi connectivity index (χ4n) is 5.38. The van der Waals surface area contributed by atoms with Gasteiger partial charge in [-0.15, -0.1) is 0 Å². The van der Waals surface area contributed by atoms with Crippen LogP contribution < -0.4 is 5.32 Å². The number of hydrogen-bond donors (Lipinski definition) is 1. The normalized spacial score (nSPS) is 18.5. The molecule has 3 aromatic rings. The SMILES string of the molecule is N#Cc1cccc(-c2cc(NC3CCN(C(=O)C4CN(C(=O)C5CC5)C4)CC3)c3cnccc3c2)c1. The van der Waals surface area contributed by atoms with Crippen molar-refractivity contribution in [2.24, 2.45) is 11.8 Å². The maximum Gasteiger partial charge on any atom is 0.229 e. The van der Waals surface area contributed by atoms with Gasteiger partial charge < -0.3 is 15.1 Å². The van der Waals surface area contributed by atoms with Crippen molar-refractivity contribution in [3.8, 4) is 17.2 Å². The fraction of sp³-hybridized carbons (Fsp3) is 0.379. The minimum Gasteiger partial charge on any atom is -0.382 e. The zero-order valence-corrected chi connectivity index (χ0v) is 20.2. The first kappa shape index (κ1) is 22.5. The number of nitriles is 1. The molecular formula is C29H29N5O2. The molecule has 2 aliphatic heterocycles. The van der Waals surface area contributed by atoms with E-state index in [4.69, 9.17) is 0 Å². The minimum absolute atomic E-state index is 0.0342. The van der Waals surface area contributed by atoms with Crippen molar-refractivity contribution < 1.29 is 9.59 Å². The Balaban J connectivity index is 1.12. The Kier molecular flexibility index (Phi) is 5.80. The third-order valence-electron chi connectivity index (χ3n) is 7.72. The summed E-state index contributed by atoms with van der Waals surface area (Å²) in [4.78, 5) is 33.3. The number of hydrogen-bond acceptors (Lipinski definition) is 5. The molecule has 2 aromatic carbocycles. The molecule has 3 heterocycles. The molecule has 1 aliphatic carbocycles. The smallest absolute Gasteiger partial charge is 0.229 e. The second-order valence-corrected chi connectivity index (χ2v) is 10.3. The summed E-state index contributed by atoms with van der Waals surface area (Å²) in [6.07, 6.45) is 7.45. The number of carbonyl (C=O) groups is 2. The van der Waals surface area contributed by atoms with Gasteiger partial charge in [0.1, 0.15) is 0 Å². The highest BCUT2D eigenvalue weighted by Crippen LogP contribution is 2.35.